The van der Waals surface area contributed by atoms with Crippen molar-refractivity contribution in [3.8, 4) is 5.69 Å². The van der Waals surface area contributed by atoms with Gasteiger partial charge in [-0.2, -0.15) is 0 Å². The summed E-state index contributed by atoms with van der Waals surface area (Å²) >= 11 is 5.88. The van der Waals surface area contributed by atoms with Crippen LogP contribution in [0.15, 0.2) is 83.9 Å². The molecular formula is C23H18ClN3O2. The van der Waals surface area contributed by atoms with E-state index < -0.39 is 0 Å². The highest BCUT2D eigenvalue weighted by Crippen LogP contribution is 2.12. The van der Waals surface area contributed by atoms with Gasteiger partial charge in [0.05, 0.1) is 16.6 Å². The second-order valence-corrected chi connectivity index (χ2v) is 7.05. The van der Waals surface area contributed by atoms with Crippen LogP contribution < -0.4 is 10.9 Å². The summed E-state index contributed by atoms with van der Waals surface area (Å²) in [4.78, 5) is 29.4. The highest BCUT2D eigenvalue weighted by molar-refractivity contribution is 6.30. The number of amides is 1. The van der Waals surface area contributed by atoms with Gasteiger partial charge in [0.2, 0.25) is 0 Å². The van der Waals surface area contributed by atoms with E-state index in [-0.39, 0.29) is 11.5 Å². The van der Waals surface area contributed by atoms with Crippen molar-refractivity contribution in [2.24, 2.45) is 0 Å². The molecule has 0 bridgehead atoms. The molecule has 1 aromatic heterocycles. The molecule has 0 spiro atoms. The number of para-hydroxylation sites is 1. The van der Waals surface area contributed by atoms with E-state index in [1.54, 1.807) is 36.4 Å². The summed E-state index contributed by atoms with van der Waals surface area (Å²) in [6.07, 6.45) is 2.23. The van der Waals surface area contributed by atoms with Gasteiger partial charge in [-0.15, -0.1) is 0 Å². The van der Waals surface area contributed by atoms with Crippen molar-refractivity contribution in [2.75, 3.05) is 6.54 Å². The van der Waals surface area contributed by atoms with Crippen molar-refractivity contribution in [2.45, 2.75) is 6.42 Å². The molecule has 0 fully saturated rings. The fourth-order valence-electron chi connectivity index (χ4n) is 3.10. The van der Waals surface area contributed by atoms with E-state index in [2.05, 4.69) is 10.3 Å². The summed E-state index contributed by atoms with van der Waals surface area (Å²) in [5.41, 5.74) is 2.81. The van der Waals surface area contributed by atoms with Crippen LogP contribution in [-0.4, -0.2) is 22.0 Å². The molecule has 3 aromatic carbocycles. The molecule has 0 aliphatic rings. The minimum Gasteiger partial charge on any atom is -0.352 e. The zero-order valence-electron chi connectivity index (χ0n) is 15.5. The molecule has 0 radical (unpaired) electrons. The summed E-state index contributed by atoms with van der Waals surface area (Å²) < 4.78 is 1.48. The van der Waals surface area contributed by atoms with Crippen LogP contribution in [-0.2, 0) is 6.42 Å². The second kappa shape index (κ2) is 8.29. The van der Waals surface area contributed by atoms with Crippen molar-refractivity contribution in [3.05, 3.63) is 106 Å². The first-order valence-electron chi connectivity index (χ1n) is 9.21. The summed E-state index contributed by atoms with van der Waals surface area (Å²) in [6.45, 7) is 0.524. The average molecular weight is 404 g/mol. The number of fused-ring (bicyclic) bond motifs is 1. The number of nitrogens with one attached hydrogen (secondary N) is 1. The molecule has 29 heavy (non-hydrogen) atoms. The van der Waals surface area contributed by atoms with Crippen LogP contribution in [0.5, 0.6) is 0 Å². The predicted octanol–water partition coefficient (Wildman–Crippen LogP) is 4.01. The third-order valence-corrected chi connectivity index (χ3v) is 4.94. The Labute approximate surface area is 172 Å². The zero-order valence-corrected chi connectivity index (χ0v) is 16.3. The smallest absolute Gasteiger partial charge is 0.265 e. The third kappa shape index (κ3) is 4.20. The van der Waals surface area contributed by atoms with Crippen LogP contribution in [0.25, 0.3) is 16.6 Å². The fourth-order valence-corrected chi connectivity index (χ4v) is 3.23. The van der Waals surface area contributed by atoms with Crippen molar-refractivity contribution < 1.29 is 4.79 Å². The molecule has 1 amide bonds. The van der Waals surface area contributed by atoms with Gasteiger partial charge < -0.3 is 5.32 Å². The molecule has 0 atom stereocenters. The van der Waals surface area contributed by atoms with Crippen molar-refractivity contribution >= 4 is 28.4 Å². The molecule has 5 nitrogen and oxygen atoms in total. The molecule has 6 heteroatoms. The largest absolute Gasteiger partial charge is 0.352 e. The number of nitrogens with zero attached hydrogens (tertiary/aromatic N) is 2. The van der Waals surface area contributed by atoms with Gasteiger partial charge in [0.15, 0.2) is 0 Å². The standard InChI is InChI=1S/C23H18ClN3O2/c24-18-9-5-16(6-10-18)13-14-25-22(28)17-7-11-19(12-8-17)27-15-26-21-4-2-1-3-20(21)23(27)29/h1-12,15H,13-14H2,(H,25,28). The normalized spacial score (nSPS) is 10.8. The lowest BCUT2D eigenvalue weighted by atomic mass is 10.1. The second-order valence-electron chi connectivity index (χ2n) is 6.62. The van der Waals surface area contributed by atoms with E-state index in [4.69, 9.17) is 11.6 Å². The third-order valence-electron chi connectivity index (χ3n) is 4.69. The van der Waals surface area contributed by atoms with Gasteiger partial charge in [0, 0.05) is 17.1 Å². The minimum absolute atomic E-state index is 0.143. The number of aromatic nitrogens is 2. The van der Waals surface area contributed by atoms with Crippen LogP contribution in [0.4, 0.5) is 0 Å². The first-order chi connectivity index (χ1) is 14.1. The fraction of sp³-hybridized carbons (Fsp3) is 0.0870. The summed E-state index contributed by atoms with van der Waals surface area (Å²) in [5.74, 6) is -0.158. The van der Waals surface area contributed by atoms with E-state index in [1.807, 2.05) is 36.4 Å². The summed E-state index contributed by atoms with van der Waals surface area (Å²) in [6, 6.07) is 21.7. The van der Waals surface area contributed by atoms with Gasteiger partial charge >= 0.3 is 0 Å². The minimum atomic E-state index is -0.158. The lowest BCUT2D eigenvalue weighted by Crippen LogP contribution is -2.25. The van der Waals surface area contributed by atoms with E-state index >= 15 is 0 Å². The zero-order chi connectivity index (χ0) is 20.2. The molecule has 0 saturated carbocycles. The quantitative estimate of drug-likeness (QED) is 0.547. The van der Waals surface area contributed by atoms with Gasteiger partial charge in [0.25, 0.3) is 11.5 Å². The average Bonchev–Trinajstić information content (AvgIpc) is 2.76. The molecule has 1 N–H and O–H groups in total. The summed E-state index contributed by atoms with van der Waals surface area (Å²) in [5, 5.41) is 4.15. The Morgan fingerprint density at radius 2 is 1.69 bits per heavy atom. The molecule has 0 unspecified atom stereocenters. The van der Waals surface area contributed by atoms with Gasteiger partial charge in [-0.3, -0.25) is 14.2 Å². The number of rotatable bonds is 5. The highest BCUT2D eigenvalue weighted by Gasteiger charge is 2.08. The molecular weight excluding hydrogens is 386 g/mol. The molecule has 144 valence electrons. The Morgan fingerprint density at radius 1 is 0.966 bits per heavy atom. The molecule has 0 saturated heterocycles. The number of carbonyl (C=O) groups excluding carboxylic acids is 1. The Balaban J connectivity index is 1.45. The Morgan fingerprint density at radius 3 is 2.45 bits per heavy atom. The van der Waals surface area contributed by atoms with Crippen LogP contribution in [0, 0.1) is 0 Å². The van der Waals surface area contributed by atoms with Gasteiger partial charge in [0.1, 0.15) is 6.33 Å². The monoisotopic (exact) mass is 403 g/mol. The lowest BCUT2D eigenvalue weighted by molar-refractivity contribution is 0.0954. The molecule has 4 aromatic rings. The lowest BCUT2D eigenvalue weighted by Gasteiger charge is -2.09. The maximum atomic E-state index is 12.7. The highest BCUT2D eigenvalue weighted by atomic mass is 35.5. The SMILES string of the molecule is O=C(NCCc1ccc(Cl)cc1)c1ccc(-n2cnc3ccccc3c2=O)cc1. The van der Waals surface area contributed by atoms with Gasteiger partial charge in [-0.05, 0) is 60.5 Å². The van der Waals surface area contributed by atoms with Crippen LogP contribution >= 0.6 is 11.6 Å². The Bertz CT molecular complexity index is 1220. The Kier molecular flexibility index (Phi) is 5.40. The predicted molar refractivity (Wildman–Crippen MR) is 115 cm³/mol. The van der Waals surface area contributed by atoms with Gasteiger partial charge in [-0.1, -0.05) is 35.9 Å². The number of benzene rings is 3. The van der Waals surface area contributed by atoms with Crippen molar-refractivity contribution in [1.29, 1.82) is 0 Å². The number of hydrogen-bond donors (Lipinski definition) is 1. The van der Waals surface area contributed by atoms with Crippen LogP contribution in [0.1, 0.15) is 15.9 Å². The maximum absolute atomic E-state index is 12.7. The van der Waals surface area contributed by atoms with Crippen molar-refractivity contribution in [1.82, 2.24) is 14.9 Å². The van der Waals surface area contributed by atoms with Crippen molar-refractivity contribution in [3.63, 3.8) is 0 Å². The van der Waals surface area contributed by atoms with E-state index in [0.29, 0.717) is 33.7 Å². The number of carbonyl (C=O) groups is 1. The van der Waals surface area contributed by atoms with Gasteiger partial charge in [-0.25, -0.2) is 4.98 Å². The van der Waals surface area contributed by atoms with E-state index in [1.165, 1.54) is 10.9 Å². The molecule has 0 aliphatic carbocycles. The van der Waals surface area contributed by atoms with E-state index in [9.17, 15) is 9.59 Å². The molecule has 4 rings (SSSR count). The van der Waals surface area contributed by atoms with Crippen LogP contribution in [0.2, 0.25) is 5.02 Å². The maximum Gasteiger partial charge on any atom is 0.265 e. The number of hydrogen-bond acceptors (Lipinski definition) is 3. The summed E-state index contributed by atoms with van der Waals surface area (Å²) in [7, 11) is 0. The molecule has 0 aliphatic heterocycles. The Hall–Kier alpha value is -3.44. The first kappa shape index (κ1) is 18.9. The molecule has 1 heterocycles. The number of halogens is 1. The van der Waals surface area contributed by atoms with Crippen LogP contribution in [0.3, 0.4) is 0 Å². The van der Waals surface area contributed by atoms with E-state index in [0.717, 1.165) is 12.0 Å². The topological polar surface area (TPSA) is 64.0 Å². The first-order valence-corrected chi connectivity index (χ1v) is 9.59.